The normalized spacial score (nSPS) is 20.9. The van der Waals surface area contributed by atoms with Gasteiger partial charge in [-0.3, -0.25) is 4.90 Å². The lowest BCUT2D eigenvalue weighted by atomic mass is 10.1. The minimum Gasteiger partial charge on any atom is -0.492 e. The van der Waals surface area contributed by atoms with Crippen LogP contribution in [-0.2, 0) is 0 Å². The lowest BCUT2D eigenvalue weighted by Crippen LogP contribution is -2.40. The summed E-state index contributed by atoms with van der Waals surface area (Å²) in [5.41, 5.74) is 2.41. The zero-order valence-electron chi connectivity index (χ0n) is 11.4. The second-order valence-corrected chi connectivity index (χ2v) is 5.21. The molecule has 0 aromatic heterocycles. The molecule has 0 saturated carbocycles. The number of rotatable bonds is 4. The van der Waals surface area contributed by atoms with Crippen LogP contribution >= 0.6 is 0 Å². The van der Waals surface area contributed by atoms with Gasteiger partial charge in [0.15, 0.2) is 0 Å². The molecule has 18 heavy (non-hydrogen) atoms. The van der Waals surface area contributed by atoms with Crippen LogP contribution in [0, 0.1) is 13.8 Å². The number of hydrogen-bond acceptors (Lipinski definition) is 3. The number of piperidine rings is 1. The van der Waals surface area contributed by atoms with E-state index in [9.17, 15) is 5.11 Å². The number of aryl methyl sites for hydroxylation is 2. The van der Waals surface area contributed by atoms with Crippen molar-refractivity contribution in [3.05, 3.63) is 29.3 Å². The van der Waals surface area contributed by atoms with E-state index in [0.717, 1.165) is 38.2 Å². The second kappa shape index (κ2) is 6.21. The van der Waals surface area contributed by atoms with Gasteiger partial charge in [-0.2, -0.15) is 0 Å². The summed E-state index contributed by atoms with van der Waals surface area (Å²) < 4.78 is 5.83. The van der Waals surface area contributed by atoms with Crippen LogP contribution in [0.25, 0.3) is 0 Å². The van der Waals surface area contributed by atoms with Crippen molar-refractivity contribution in [3.63, 3.8) is 0 Å². The van der Waals surface area contributed by atoms with E-state index in [1.807, 2.05) is 0 Å². The molecule has 0 amide bonds. The van der Waals surface area contributed by atoms with Crippen molar-refractivity contribution in [2.24, 2.45) is 0 Å². The van der Waals surface area contributed by atoms with Crippen molar-refractivity contribution in [1.82, 2.24) is 4.90 Å². The topological polar surface area (TPSA) is 32.7 Å². The van der Waals surface area contributed by atoms with Gasteiger partial charge in [0.1, 0.15) is 12.4 Å². The van der Waals surface area contributed by atoms with E-state index in [2.05, 4.69) is 36.9 Å². The minimum atomic E-state index is -0.153. The van der Waals surface area contributed by atoms with Gasteiger partial charge in [-0.05, 0) is 50.4 Å². The van der Waals surface area contributed by atoms with Gasteiger partial charge >= 0.3 is 0 Å². The Morgan fingerprint density at radius 1 is 1.39 bits per heavy atom. The first-order chi connectivity index (χ1) is 8.65. The molecule has 1 fully saturated rings. The highest BCUT2D eigenvalue weighted by molar-refractivity contribution is 5.35. The van der Waals surface area contributed by atoms with E-state index in [1.165, 1.54) is 11.1 Å². The number of likely N-dealkylation sites (tertiary alicyclic amines) is 1. The Hall–Kier alpha value is -1.06. The molecule has 1 aromatic carbocycles. The largest absolute Gasteiger partial charge is 0.492 e. The van der Waals surface area contributed by atoms with Gasteiger partial charge in [0.25, 0.3) is 0 Å². The van der Waals surface area contributed by atoms with Gasteiger partial charge in [-0.15, -0.1) is 0 Å². The molecule has 1 unspecified atom stereocenters. The lowest BCUT2D eigenvalue weighted by Gasteiger charge is -2.29. The molecule has 1 N–H and O–H groups in total. The number of nitrogens with zero attached hydrogens (tertiary/aromatic N) is 1. The average molecular weight is 249 g/mol. The molecule has 1 aliphatic rings. The summed E-state index contributed by atoms with van der Waals surface area (Å²) in [6, 6.07) is 6.28. The van der Waals surface area contributed by atoms with E-state index >= 15 is 0 Å². The van der Waals surface area contributed by atoms with Crippen LogP contribution in [-0.4, -0.2) is 42.4 Å². The van der Waals surface area contributed by atoms with Crippen molar-refractivity contribution in [1.29, 1.82) is 0 Å². The van der Waals surface area contributed by atoms with Gasteiger partial charge in [0.05, 0.1) is 6.10 Å². The Morgan fingerprint density at radius 2 is 2.22 bits per heavy atom. The quantitative estimate of drug-likeness (QED) is 0.887. The first kappa shape index (κ1) is 13.4. The second-order valence-electron chi connectivity index (χ2n) is 5.21. The van der Waals surface area contributed by atoms with Crippen molar-refractivity contribution in [2.45, 2.75) is 32.8 Å². The van der Waals surface area contributed by atoms with Crippen molar-refractivity contribution < 1.29 is 9.84 Å². The zero-order chi connectivity index (χ0) is 13.0. The summed E-state index contributed by atoms with van der Waals surface area (Å²) in [5.74, 6) is 0.979. The molecule has 100 valence electrons. The molecule has 0 spiro atoms. The standard InChI is InChI=1S/C15H23NO2/c1-12-5-6-13(2)15(10-12)18-9-8-16-7-3-4-14(17)11-16/h5-6,10,14,17H,3-4,7-9,11H2,1-2H3. The molecule has 1 saturated heterocycles. The summed E-state index contributed by atoms with van der Waals surface area (Å²) in [6.45, 7) is 7.59. The maximum absolute atomic E-state index is 9.59. The number of hydrogen-bond donors (Lipinski definition) is 1. The SMILES string of the molecule is Cc1ccc(C)c(OCCN2CCCC(O)C2)c1. The maximum Gasteiger partial charge on any atom is 0.122 e. The third kappa shape index (κ3) is 3.72. The number of aliphatic hydroxyl groups excluding tert-OH is 1. The van der Waals surface area contributed by atoms with Crippen LogP contribution in [0.15, 0.2) is 18.2 Å². The average Bonchev–Trinajstić information content (AvgIpc) is 2.34. The Kier molecular flexibility index (Phi) is 4.61. The summed E-state index contributed by atoms with van der Waals surface area (Å²) in [5, 5.41) is 9.59. The van der Waals surface area contributed by atoms with Gasteiger partial charge in [0, 0.05) is 13.1 Å². The zero-order valence-corrected chi connectivity index (χ0v) is 11.4. The number of ether oxygens (including phenoxy) is 1. The monoisotopic (exact) mass is 249 g/mol. The molecule has 0 bridgehead atoms. The fourth-order valence-electron chi connectivity index (χ4n) is 2.38. The van der Waals surface area contributed by atoms with Crippen molar-refractivity contribution in [3.8, 4) is 5.75 Å². The summed E-state index contributed by atoms with van der Waals surface area (Å²) in [4.78, 5) is 2.28. The molecule has 1 heterocycles. The van der Waals surface area contributed by atoms with E-state index < -0.39 is 0 Å². The van der Waals surface area contributed by atoms with E-state index in [4.69, 9.17) is 4.74 Å². The Balaban J connectivity index is 1.79. The van der Waals surface area contributed by atoms with Crippen molar-refractivity contribution >= 4 is 0 Å². The number of benzene rings is 1. The fraction of sp³-hybridized carbons (Fsp3) is 0.600. The third-order valence-corrected chi connectivity index (χ3v) is 3.49. The lowest BCUT2D eigenvalue weighted by molar-refractivity contribution is 0.0632. The molecule has 1 aromatic rings. The predicted octanol–water partition coefficient (Wildman–Crippen LogP) is 2.14. The van der Waals surface area contributed by atoms with E-state index in [1.54, 1.807) is 0 Å². The Labute approximate surface area is 109 Å². The molecule has 0 aliphatic carbocycles. The first-order valence-corrected chi connectivity index (χ1v) is 6.75. The fourth-order valence-corrected chi connectivity index (χ4v) is 2.38. The highest BCUT2D eigenvalue weighted by Crippen LogP contribution is 2.19. The molecular formula is C15H23NO2. The smallest absolute Gasteiger partial charge is 0.122 e. The molecule has 2 rings (SSSR count). The van der Waals surface area contributed by atoms with Crippen LogP contribution in [0.3, 0.4) is 0 Å². The van der Waals surface area contributed by atoms with Gasteiger partial charge in [-0.25, -0.2) is 0 Å². The van der Waals surface area contributed by atoms with E-state index in [0.29, 0.717) is 6.61 Å². The predicted molar refractivity (Wildman–Crippen MR) is 73.1 cm³/mol. The van der Waals surface area contributed by atoms with Crippen LogP contribution in [0.5, 0.6) is 5.75 Å². The molecule has 0 radical (unpaired) electrons. The number of aliphatic hydroxyl groups is 1. The Bertz CT molecular complexity index is 392. The summed E-state index contributed by atoms with van der Waals surface area (Å²) in [7, 11) is 0. The summed E-state index contributed by atoms with van der Waals surface area (Å²) in [6.07, 6.45) is 1.87. The molecular weight excluding hydrogens is 226 g/mol. The molecule has 3 nitrogen and oxygen atoms in total. The van der Waals surface area contributed by atoms with Gasteiger partial charge in [-0.1, -0.05) is 12.1 Å². The first-order valence-electron chi connectivity index (χ1n) is 6.75. The molecule has 1 atom stereocenters. The Morgan fingerprint density at radius 3 is 3.00 bits per heavy atom. The molecule has 3 heteroatoms. The van der Waals surface area contributed by atoms with Gasteiger partial charge in [0.2, 0.25) is 0 Å². The third-order valence-electron chi connectivity index (χ3n) is 3.49. The highest BCUT2D eigenvalue weighted by atomic mass is 16.5. The van der Waals surface area contributed by atoms with E-state index in [-0.39, 0.29) is 6.10 Å². The maximum atomic E-state index is 9.59. The minimum absolute atomic E-state index is 0.153. The van der Waals surface area contributed by atoms with Crippen LogP contribution in [0.1, 0.15) is 24.0 Å². The summed E-state index contributed by atoms with van der Waals surface area (Å²) >= 11 is 0. The molecule has 1 aliphatic heterocycles. The van der Waals surface area contributed by atoms with Crippen LogP contribution in [0.2, 0.25) is 0 Å². The number of β-amino-alcohol motifs (C(OH)–C–C–N with tert-alkyl or cyclic N) is 1. The van der Waals surface area contributed by atoms with Gasteiger partial charge < -0.3 is 9.84 Å². The van der Waals surface area contributed by atoms with Crippen molar-refractivity contribution in [2.75, 3.05) is 26.2 Å². The van der Waals surface area contributed by atoms with Crippen LogP contribution in [0.4, 0.5) is 0 Å². The van der Waals surface area contributed by atoms with Crippen LogP contribution < -0.4 is 4.74 Å². The highest BCUT2D eigenvalue weighted by Gasteiger charge is 2.17.